The molecule has 3 heteroatoms. The maximum atomic E-state index is 11.7. The number of anilines is 1. The van der Waals surface area contributed by atoms with Crippen molar-refractivity contribution in [3.8, 4) is 0 Å². The van der Waals surface area contributed by atoms with Gasteiger partial charge in [-0.15, -0.1) is 0 Å². The van der Waals surface area contributed by atoms with Crippen molar-refractivity contribution in [3.05, 3.63) is 29.3 Å². The van der Waals surface area contributed by atoms with Gasteiger partial charge in [-0.2, -0.15) is 0 Å². The van der Waals surface area contributed by atoms with E-state index in [0.29, 0.717) is 5.92 Å². The van der Waals surface area contributed by atoms with Gasteiger partial charge < -0.3 is 10.6 Å². The molecule has 0 heterocycles. The Morgan fingerprint density at radius 1 is 1.41 bits per heavy atom. The second-order valence-electron chi connectivity index (χ2n) is 4.74. The lowest BCUT2D eigenvalue weighted by Gasteiger charge is -2.13. The van der Waals surface area contributed by atoms with Crippen molar-refractivity contribution in [2.75, 3.05) is 11.9 Å². The molecule has 2 N–H and O–H groups in total. The van der Waals surface area contributed by atoms with Gasteiger partial charge >= 0.3 is 6.03 Å². The van der Waals surface area contributed by atoms with Crippen molar-refractivity contribution in [2.24, 2.45) is 5.92 Å². The molecule has 1 aliphatic rings. The number of urea groups is 1. The van der Waals surface area contributed by atoms with Crippen molar-refractivity contribution in [2.45, 2.75) is 33.1 Å². The zero-order valence-electron chi connectivity index (χ0n) is 10.5. The van der Waals surface area contributed by atoms with Crippen LogP contribution < -0.4 is 10.6 Å². The predicted octanol–water partition coefficient (Wildman–Crippen LogP) is 3.09. The molecule has 92 valence electrons. The van der Waals surface area contributed by atoms with E-state index in [9.17, 15) is 4.79 Å². The smallest absolute Gasteiger partial charge is 0.319 e. The Morgan fingerprint density at radius 2 is 2.18 bits per heavy atom. The quantitative estimate of drug-likeness (QED) is 0.823. The third kappa shape index (κ3) is 3.22. The summed E-state index contributed by atoms with van der Waals surface area (Å²) >= 11 is 0. The van der Waals surface area contributed by atoms with Crippen molar-refractivity contribution < 1.29 is 4.79 Å². The lowest BCUT2D eigenvalue weighted by atomic mass is 10.1. The molecule has 1 fully saturated rings. The maximum absolute atomic E-state index is 11.7. The van der Waals surface area contributed by atoms with Gasteiger partial charge in [-0.05, 0) is 43.2 Å². The van der Waals surface area contributed by atoms with E-state index in [2.05, 4.69) is 23.6 Å². The molecule has 0 atom stereocenters. The second-order valence-corrected chi connectivity index (χ2v) is 4.74. The average Bonchev–Trinajstić information content (AvgIpc) is 3.13. The summed E-state index contributed by atoms with van der Waals surface area (Å²) < 4.78 is 0. The van der Waals surface area contributed by atoms with E-state index in [0.717, 1.165) is 24.2 Å². The Morgan fingerprint density at radius 3 is 2.82 bits per heavy atom. The summed E-state index contributed by atoms with van der Waals surface area (Å²) in [5.41, 5.74) is 3.26. The van der Waals surface area contributed by atoms with Crippen molar-refractivity contribution in [1.29, 1.82) is 0 Å². The van der Waals surface area contributed by atoms with E-state index in [1.54, 1.807) is 0 Å². The fraction of sp³-hybridized carbons (Fsp3) is 0.500. The van der Waals surface area contributed by atoms with E-state index >= 15 is 0 Å². The van der Waals surface area contributed by atoms with Crippen LogP contribution in [-0.4, -0.2) is 12.6 Å². The summed E-state index contributed by atoms with van der Waals surface area (Å²) in [5, 5.41) is 5.88. The standard InChI is InChI=1S/C14H20N2O/c1-3-12-6-4-5-10(2)13(12)16-14(17)15-9-11-7-8-11/h4-6,11H,3,7-9H2,1-2H3,(H2,15,16,17). The normalized spacial score (nSPS) is 14.5. The summed E-state index contributed by atoms with van der Waals surface area (Å²) in [5.74, 6) is 0.711. The average molecular weight is 232 g/mol. The first-order chi connectivity index (χ1) is 8.20. The highest BCUT2D eigenvalue weighted by Crippen LogP contribution is 2.27. The zero-order valence-corrected chi connectivity index (χ0v) is 10.5. The first-order valence-corrected chi connectivity index (χ1v) is 6.34. The third-order valence-corrected chi connectivity index (χ3v) is 3.23. The fourth-order valence-corrected chi connectivity index (χ4v) is 1.92. The molecular weight excluding hydrogens is 212 g/mol. The van der Waals surface area contributed by atoms with Gasteiger partial charge in [0, 0.05) is 12.2 Å². The topological polar surface area (TPSA) is 41.1 Å². The summed E-state index contributed by atoms with van der Waals surface area (Å²) in [6.45, 7) is 4.93. The van der Waals surface area contributed by atoms with Crippen molar-refractivity contribution in [3.63, 3.8) is 0 Å². The van der Waals surface area contributed by atoms with Gasteiger partial charge in [0.05, 0.1) is 0 Å². The molecule has 1 aliphatic carbocycles. The number of amides is 2. The minimum atomic E-state index is -0.0825. The molecule has 1 saturated carbocycles. The predicted molar refractivity (Wildman–Crippen MR) is 70.3 cm³/mol. The molecule has 0 radical (unpaired) electrons. The van der Waals surface area contributed by atoms with Crippen LogP contribution in [0.15, 0.2) is 18.2 Å². The Hall–Kier alpha value is -1.51. The number of rotatable bonds is 4. The van der Waals surface area contributed by atoms with Crippen LogP contribution in [0.1, 0.15) is 30.9 Å². The maximum Gasteiger partial charge on any atom is 0.319 e. The minimum absolute atomic E-state index is 0.0825. The molecule has 2 rings (SSSR count). The van der Waals surface area contributed by atoms with Crippen LogP contribution in [0.2, 0.25) is 0 Å². The molecule has 3 nitrogen and oxygen atoms in total. The first-order valence-electron chi connectivity index (χ1n) is 6.34. The Balaban J connectivity index is 1.98. The van der Waals surface area contributed by atoms with Gasteiger partial charge in [-0.1, -0.05) is 25.1 Å². The molecule has 17 heavy (non-hydrogen) atoms. The van der Waals surface area contributed by atoms with Crippen molar-refractivity contribution in [1.82, 2.24) is 5.32 Å². The lowest BCUT2D eigenvalue weighted by molar-refractivity contribution is 0.251. The molecule has 1 aromatic carbocycles. The number of nitrogens with one attached hydrogen (secondary N) is 2. The first kappa shape index (κ1) is 12.0. The molecule has 0 spiro atoms. The van der Waals surface area contributed by atoms with Gasteiger partial charge in [0.2, 0.25) is 0 Å². The molecule has 0 aromatic heterocycles. The monoisotopic (exact) mass is 232 g/mol. The number of hydrogen-bond donors (Lipinski definition) is 2. The van der Waals surface area contributed by atoms with E-state index in [1.807, 2.05) is 19.1 Å². The van der Waals surface area contributed by atoms with Gasteiger partial charge in [-0.3, -0.25) is 0 Å². The van der Waals surface area contributed by atoms with E-state index in [4.69, 9.17) is 0 Å². The molecular formula is C14H20N2O. The van der Waals surface area contributed by atoms with Crippen LogP contribution in [0.3, 0.4) is 0 Å². The highest BCUT2D eigenvalue weighted by atomic mass is 16.2. The minimum Gasteiger partial charge on any atom is -0.338 e. The number of carbonyl (C=O) groups is 1. The van der Waals surface area contributed by atoms with Gasteiger partial charge in [-0.25, -0.2) is 4.79 Å². The summed E-state index contributed by atoms with van der Waals surface area (Å²) in [6.07, 6.45) is 3.44. The zero-order chi connectivity index (χ0) is 12.3. The molecule has 0 bridgehead atoms. The van der Waals surface area contributed by atoms with Gasteiger partial charge in [0.1, 0.15) is 0 Å². The largest absolute Gasteiger partial charge is 0.338 e. The molecule has 0 saturated heterocycles. The number of para-hydroxylation sites is 1. The molecule has 1 aromatic rings. The van der Waals surface area contributed by atoms with Gasteiger partial charge in [0.15, 0.2) is 0 Å². The van der Waals surface area contributed by atoms with Crippen LogP contribution in [0.5, 0.6) is 0 Å². The second kappa shape index (κ2) is 5.21. The fourth-order valence-electron chi connectivity index (χ4n) is 1.92. The van der Waals surface area contributed by atoms with Crippen molar-refractivity contribution >= 4 is 11.7 Å². The number of benzene rings is 1. The number of hydrogen-bond acceptors (Lipinski definition) is 1. The molecule has 2 amide bonds. The number of carbonyl (C=O) groups excluding carboxylic acids is 1. The Labute approximate surface area is 103 Å². The third-order valence-electron chi connectivity index (χ3n) is 3.23. The summed E-state index contributed by atoms with van der Waals surface area (Å²) in [4.78, 5) is 11.7. The van der Waals surface area contributed by atoms with Crippen LogP contribution >= 0.6 is 0 Å². The van der Waals surface area contributed by atoms with Crippen LogP contribution in [0.25, 0.3) is 0 Å². The Bertz CT molecular complexity index is 411. The van der Waals surface area contributed by atoms with E-state index in [-0.39, 0.29) is 6.03 Å². The van der Waals surface area contributed by atoms with Crippen LogP contribution in [0, 0.1) is 12.8 Å². The van der Waals surface area contributed by atoms with Gasteiger partial charge in [0.25, 0.3) is 0 Å². The highest BCUT2D eigenvalue weighted by molar-refractivity contribution is 5.91. The van der Waals surface area contributed by atoms with E-state index in [1.165, 1.54) is 18.4 Å². The summed E-state index contributed by atoms with van der Waals surface area (Å²) in [7, 11) is 0. The summed E-state index contributed by atoms with van der Waals surface area (Å²) in [6, 6.07) is 6.03. The van der Waals surface area contributed by atoms with Crippen LogP contribution in [0.4, 0.5) is 10.5 Å². The Kier molecular flexibility index (Phi) is 3.67. The number of aryl methyl sites for hydroxylation is 2. The van der Waals surface area contributed by atoms with Crippen LogP contribution in [-0.2, 0) is 6.42 Å². The van der Waals surface area contributed by atoms with E-state index < -0.39 is 0 Å². The lowest BCUT2D eigenvalue weighted by Crippen LogP contribution is -2.31. The molecule has 0 unspecified atom stereocenters. The molecule has 0 aliphatic heterocycles. The SMILES string of the molecule is CCc1cccc(C)c1NC(=O)NCC1CC1. The highest BCUT2D eigenvalue weighted by Gasteiger charge is 2.21.